The van der Waals surface area contributed by atoms with Gasteiger partial charge in [-0.1, -0.05) is 35.3 Å². The van der Waals surface area contributed by atoms with E-state index < -0.39 is 17.6 Å². The Kier molecular flexibility index (Phi) is 6.28. The number of rotatable bonds is 5. The van der Waals surface area contributed by atoms with Crippen molar-refractivity contribution in [3.05, 3.63) is 99.8 Å². The SMILES string of the molecule is NN(C(=O)c1nc(-c2ccccc2Cl)n(-c2ccc(Cl)cc2)c1C1CC1)c1ccc(C(F)(F)F)cc1. The van der Waals surface area contributed by atoms with Gasteiger partial charge in [-0.25, -0.2) is 15.8 Å². The normalized spacial score (nSPS) is 13.6. The van der Waals surface area contributed by atoms with Crippen LogP contribution in [0.4, 0.5) is 18.9 Å². The topological polar surface area (TPSA) is 64.2 Å². The number of halogens is 5. The third-order valence-electron chi connectivity index (χ3n) is 5.97. The van der Waals surface area contributed by atoms with Gasteiger partial charge in [0.1, 0.15) is 5.82 Å². The number of hydrogen-bond donors (Lipinski definition) is 1. The first-order valence-corrected chi connectivity index (χ1v) is 11.8. The predicted molar refractivity (Wildman–Crippen MR) is 133 cm³/mol. The smallest absolute Gasteiger partial charge is 0.296 e. The van der Waals surface area contributed by atoms with Gasteiger partial charge in [0.15, 0.2) is 5.69 Å². The summed E-state index contributed by atoms with van der Waals surface area (Å²) in [6, 6.07) is 18.3. The van der Waals surface area contributed by atoms with Gasteiger partial charge in [0, 0.05) is 22.2 Å². The monoisotopic (exact) mass is 530 g/mol. The summed E-state index contributed by atoms with van der Waals surface area (Å²) in [5.74, 6) is 5.99. The average molecular weight is 531 g/mol. The maximum atomic E-state index is 13.6. The highest BCUT2D eigenvalue weighted by Crippen LogP contribution is 2.45. The summed E-state index contributed by atoms with van der Waals surface area (Å²) in [6.45, 7) is 0. The largest absolute Gasteiger partial charge is 0.416 e. The number of alkyl halides is 3. The Morgan fingerprint density at radius 3 is 2.19 bits per heavy atom. The van der Waals surface area contributed by atoms with Crippen molar-refractivity contribution in [2.45, 2.75) is 24.9 Å². The maximum absolute atomic E-state index is 13.6. The lowest BCUT2D eigenvalue weighted by Gasteiger charge is -2.18. The highest BCUT2D eigenvalue weighted by molar-refractivity contribution is 6.33. The molecule has 4 aromatic rings. The Hall–Kier alpha value is -3.33. The molecule has 1 amide bonds. The van der Waals surface area contributed by atoms with Crippen LogP contribution in [0.3, 0.4) is 0 Å². The summed E-state index contributed by atoms with van der Waals surface area (Å²) in [6.07, 6.45) is -2.79. The number of nitrogens with two attached hydrogens (primary N) is 1. The minimum Gasteiger partial charge on any atom is -0.296 e. The molecule has 0 aliphatic heterocycles. The van der Waals surface area contributed by atoms with Crippen molar-refractivity contribution in [3.63, 3.8) is 0 Å². The van der Waals surface area contributed by atoms with Crippen molar-refractivity contribution in [1.82, 2.24) is 9.55 Å². The molecule has 1 aliphatic carbocycles. The molecule has 184 valence electrons. The molecule has 1 aromatic heterocycles. The summed E-state index contributed by atoms with van der Waals surface area (Å²) in [5.41, 5.74) is 1.41. The van der Waals surface area contributed by atoms with Gasteiger partial charge < -0.3 is 0 Å². The molecule has 1 aliphatic rings. The number of nitrogens with zero attached hydrogens (tertiary/aromatic N) is 3. The fraction of sp³-hybridized carbons (Fsp3) is 0.154. The lowest BCUT2D eigenvalue weighted by molar-refractivity contribution is -0.137. The molecule has 0 spiro atoms. The van der Waals surface area contributed by atoms with E-state index in [0.717, 1.165) is 47.8 Å². The van der Waals surface area contributed by atoms with E-state index in [2.05, 4.69) is 0 Å². The summed E-state index contributed by atoms with van der Waals surface area (Å²) < 4.78 is 40.8. The van der Waals surface area contributed by atoms with Gasteiger partial charge in [-0.15, -0.1) is 0 Å². The predicted octanol–water partition coefficient (Wildman–Crippen LogP) is 7.26. The highest BCUT2D eigenvalue weighted by atomic mass is 35.5. The maximum Gasteiger partial charge on any atom is 0.416 e. The second-order valence-electron chi connectivity index (χ2n) is 8.45. The van der Waals surface area contributed by atoms with E-state index in [0.29, 0.717) is 27.1 Å². The molecular weight excluding hydrogens is 512 g/mol. The Morgan fingerprint density at radius 2 is 1.61 bits per heavy atom. The first-order valence-electron chi connectivity index (χ1n) is 11.0. The van der Waals surface area contributed by atoms with Gasteiger partial charge >= 0.3 is 6.18 Å². The number of hydrogen-bond acceptors (Lipinski definition) is 3. The molecule has 0 unspecified atom stereocenters. The van der Waals surface area contributed by atoms with Crippen LogP contribution >= 0.6 is 23.2 Å². The van der Waals surface area contributed by atoms with Crippen molar-refractivity contribution in [3.8, 4) is 17.1 Å². The van der Waals surface area contributed by atoms with E-state index in [-0.39, 0.29) is 17.3 Å². The molecule has 0 bridgehead atoms. The zero-order valence-electron chi connectivity index (χ0n) is 18.6. The summed E-state index contributed by atoms with van der Waals surface area (Å²) in [4.78, 5) is 18.3. The van der Waals surface area contributed by atoms with E-state index >= 15 is 0 Å². The molecule has 0 atom stereocenters. The van der Waals surface area contributed by atoms with Crippen LogP contribution in [0, 0.1) is 0 Å². The van der Waals surface area contributed by atoms with E-state index in [1.165, 1.54) is 0 Å². The molecule has 5 rings (SSSR count). The lowest BCUT2D eigenvalue weighted by Crippen LogP contribution is -2.38. The molecule has 1 saturated carbocycles. The minimum atomic E-state index is -4.50. The van der Waals surface area contributed by atoms with E-state index in [9.17, 15) is 18.0 Å². The minimum absolute atomic E-state index is 0.0596. The second-order valence-corrected chi connectivity index (χ2v) is 9.30. The molecule has 10 heteroatoms. The first-order chi connectivity index (χ1) is 17.1. The number of amides is 1. The zero-order valence-corrected chi connectivity index (χ0v) is 20.1. The number of imidazole rings is 1. The van der Waals surface area contributed by atoms with Crippen molar-refractivity contribution in [2.24, 2.45) is 5.84 Å². The number of aromatic nitrogens is 2. The summed E-state index contributed by atoms with van der Waals surface area (Å²) in [7, 11) is 0. The van der Waals surface area contributed by atoms with Gasteiger partial charge in [0.2, 0.25) is 0 Å². The van der Waals surface area contributed by atoms with Crippen molar-refractivity contribution < 1.29 is 18.0 Å². The van der Waals surface area contributed by atoms with Crippen molar-refractivity contribution in [2.75, 3.05) is 5.01 Å². The number of anilines is 1. The van der Waals surface area contributed by atoms with Gasteiger partial charge in [-0.3, -0.25) is 9.36 Å². The zero-order chi connectivity index (χ0) is 25.6. The number of carbonyl (C=O) groups is 1. The van der Waals surface area contributed by atoms with Gasteiger partial charge in [0.25, 0.3) is 5.91 Å². The number of benzene rings is 3. The van der Waals surface area contributed by atoms with Crippen molar-refractivity contribution >= 4 is 34.8 Å². The Bertz CT molecular complexity index is 1430. The van der Waals surface area contributed by atoms with Gasteiger partial charge in [0.05, 0.1) is 22.0 Å². The first kappa shape index (κ1) is 24.4. The third kappa shape index (κ3) is 4.59. The third-order valence-corrected chi connectivity index (χ3v) is 6.55. The van der Waals surface area contributed by atoms with Crippen LogP contribution in [-0.2, 0) is 6.18 Å². The molecule has 5 nitrogen and oxygen atoms in total. The number of carbonyl (C=O) groups excluding carboxylic acids is 1. The molecule has 2 N–H and O–H groups in total. The van der Waals surface area contributed by atoms with Crippen LogP contribution in [0.25, 0.3) is 17.1 Å². The van der Waals surface area contributed by atoms with Crippen molar-refractivity contribution in [1.29, 1.82) is 0 Å². The molecule has 1 heterocycles. The molecular formula is C26H19Cl2F3N4O. The molecule has 0 saturated heterocycles. The fourth-order valence-electron chi connectivity index (χ4n) is 4.04. The summed E-state index contributed by atoms with van der Waals surface area (Å²) in [5, 5.41) is 1.82. The van der Waals surface area contributed by atoms with Crippen LogP contribution in [0.5, 0.6) is 0 Å². The average Bonchev–Trinajstić information content (AvgIpc) is 3.63. The second kappa shape index (κ2) is 9.28. The van der Waals surface area contributed by atoms with Gasteiger partial charge in [-0.2, -0.15) is 13.2 Å². The molecule has 1 fully saturated rings. The van der Waals surface area contributed by atoms with Crippen LogP contribution in [0.1, 0.15) is 40.5 Å². The molecule has 0 radical (unpaired) electrons. The van der Waals surface area contributed by atoms with E-state index in [4.69, 9.17) is 34.0 Å². The Balaban J connectivity index is 1.65. The Morgan fingerprint density at radius 1 is 0.972 bits per heavy atom. The van der Waals surface area contributed by atoms with Crippen LogP contribution in [-0.4, -0.2) is 15.5 Å². The Labute approximate surface area is 214 Å². The number of hydrazine groups is 1. The van der Waals surface area contributed by atoms with E-state index in [1.807, 2.05) is 22.8 Å². The van der Waals surface area contributed by atoms with E-state index in [1.54, 1.807) is 30.3 Å². The van der Waals surface area contributed by atoms with Crippen LogP contribution in [0.2, 0.25) is 10.0 Å². The van der Waals surface area contributed by atoms with Gasteiger partial charge in [-0.05, 0) is 73.5 Å². The highest BCUT2D eigenvalue weighted by Gasteiger charge is 2.37. The summed E-state index contributed by atoms with van der Waals surface area (Å²) >= 11 is 12.6. The molecule has 36 heavy (non-hydrogen) atoms. The quantitative estimate of drug-likeness (QED) is 0.168. The standard InChI is InChI=1S/C26H19Cl2F3N4O/c27-17-9-13-18(14-10-17)34-23(15-5-6-15)22(33-24(34)20-3-1-2-4-21(20)28)25(36)35(32)19-11-7-16(8-12-19)26(29,30)31/h1-4,7-15H,5-6,32H2. The van der Waals surface area contributed by atoms with Crippen LogP contribution in [0.15, 0.2) is 72.8 Å². The lowest BCUT2D eigenvalue weighted by atomic mass is 10.1. The molecule has 3 aromatic carbocycles. The van der Waals surface area contributed by atoms with Crippen LogP contribution < -0.4 is 10.9 Å². The fourth-order valence-corrected chi connectivity index (χ4v) is 4.39.